The molecule has 0 unspecified atom stereocenters. The van der Waals surface area contributed by atoms with Gasteiger partial charge in [0.25, 0.3) is 11.8 Å². The fourth-order valence-corrected chi connectivity index (χ4v) is 1.54. The van der Waals surface area contributed by atoms with Crippen LogP contribution in [0.2, 0.25) is 0 Å². The second kappa shape index (κ2) is 3.81. The third kappa shape index (κ3) is 2.41. The fourth-order valence-electron chi connectivity index (χ4n) is 1.54. The van der Waals surface area contributed by atoms with Gasteiger partial charge in [0.1, 0.15) is 12.2 Å². The van der Waals surface area contributed by atoms with Crippen molar-refractivity contribution < 1.29 is 18.3 Å². The molecule has 1 N–H and O–H groups in total. The Morgan fingerprint density at radius 1 is 1.43 bits per heavy atom. The number of nitrogens with one attached hydrogen (secondary N) is 1. The summed E-state index contributed by atoms with van der Waals surface area (Å²) < 4.78 is 30.8. The van der Waals surface area contributed by atoms with Gasteiger partial charge in [0.05, 0.1) is 0 Å². The van der Waals surface area contributed by atoms with Crippen molar-refractivity contribution in [3.63, 3.8) is 0 Å². The Kier molecular flexibility index (Phi) is 3.09. The smallest absolute Gasteiger partial charge is 0.271 e. The molecule has 1 heterocycles. The SMILES string of the molecule is CNC(=O)[C@@]1(C)CCCC(F)(F)CO1. The molecule has 0 saturated carbocycles. The second-order valence-corrected chi connectivity index (χ2v) is 3.81. The molecule has 14 heavy (non-hydrogen) atoms. The quantitative estimate of drug-likeness (QED) is 0.704. The van der Waals surface area contributed by atoms with E-state index >= 15 is 0 Å². The molecule has 0 aromatic carbocycles. The minimum atomic E-state index is -2.80. The van der Waals surface area contributed by atoms with Gasteiger partial charge < -0.3 is 10.1 Å². The van der Waals surface area contributed by atoms with E-state index in [0.717, 1.165) is 0 Å². The highest BCUT2D eigenvalue weighted by Gasteiger charge is 2.42. The van der Waals surface area contributed by atoms with Crippen molar-refractivity contribution in [2.75, 3.05) is 13.7 Å². The molecular weight excluding hydrogens is 192 g/mol. The number of rotatable bonds is 1. The van der Waals surface area contributed by atoms with Gasteiger partial charge in [0, 0.05) is 13.5 Å². The van der Waals surface area contributed by atoms with Crippen LogP contribution in [0, 0.1) is 0 Å². The van der Waals surface area contributed by atoms with E-state index in [1.165, 1.54) is 7.05 Å². The van der Waals surface area contributed by atoms with Crippen LogP contribution in [-0.4, -0.2) is 31.1 Å². The predicted molar refractivity (Wildman–Crippen MR) is 47.2 cm³/mol. The topological polar surface area (TPSA) is 38.3 Å². The van der Waals surface area contributed by atoms with Crippen LogP contribution in [0.4, 0.5) is 8.78 Å². The average Bonchev–Trinajstić information content (AvgIpc) is 2.26. The summed E-state index contributed by atoms with van der Waals surface area (Å²) in [6.07, 6.45) is 0.429. The second-order valence-electron chi connectivity index (χ2n) is 3.81. The Bertz CT molecular complexity index is 233. The first kappa shape index (κ1) is 11.4. The first-order valence-corrected chi connectivity index (χ1v) is 4.64. The number of hydrogen-bond donors (Lipinski definition) is 1. The fraction of sp³-hybridized carbons (Fsp3) is 0.889. The normalized spacial score (nSPS) is 32.0. The minimum Gasteiger partial charge on any atom is -0.359 e. The Morgan fingerprint density at radius 3 is 2.64 bits per heavy atom. The highest BCUT2D eigenvalue weighted by molar-refractivity contribution is 5.84. The Labute approximate surface area is 81.8 Å². The highest BCUT2D eigenvalue weighted by atomic mass is 19.3. The van der Waals surface area contributed by atoms with E-state index in [9.17, 15) is 13.6 Å². The maximum atomic E-state index is 12.9. The van der Waals surface area contributed by atoms with Gasteiger partial charge in [-0.25, -0.2) is 8.78 Å². The van der Waals surface area contributed by atoms with Crippen LogP contribution in [0.25, 0.3) is 0 Å². The Hall–Kier alpha value is -0.710. The molecule has 1 amide bonds. The van der Waals surface area contributed by atoms with Crippen molar-refractivity contribution in [2.24, 2.45) is 0 Å². The lowest BCUT2D eigenvalue weighted by molar-refractivity contribution is -0.155. The number of ether oxygens (including phenoxy) is 1. The molecule has 1 atom stereocenters. The van der Waals surface area contributed by atoms with Gasteiger partial charge >= 0.3 is 0 Å². The largest absolute Gasteiger partial charge is 0.359 e. The van der Waals surface area contributed by atoms with Crippen LogP contribution in [0.1, 0.15) is 26.2 Å². The standard InChI is InChI=1S/C9H15F2NO2/c1-8(7(13)12-2)4-3-5-9(10,11)6-14-8/h3-6H2,1-2H3,(H,12,13)/t8-/m1/s1. The minimum absolute atomic E-state index is 0.209. The molecule has 1 aliphatic rings. The zero-order valence-electron chi connectivity index (χ0n) is 8.40. The molecule has 1 rings (SSSR count). The van der Waals surface area contributed by atoms with E-state index in [0.29, 0.717) is 12.8 Å². The summed E-state index contributed by atoms with van der Waals surface area (Å²) in [4.78, 5) is 11.4. The number of carbonyl (C=O) groups is 1. The third-order valence-electron chi connectivity index (χ3n) is 2.51. The summed E-state index contributed by atoms with van der Waals surface area (Å²) >= 11 is 0. The molecule has 0 aromatic rings. The molecule has 0 aromatic heterocycles. The van der Waals surface area contributed by atoms with E-state index in [-0.39, 0.29) is 12.3 Å². The van der Waals surface area contributed by atoms with Crippen LogP contribution in [0.3, 0.4) is 0 Å². The zero-order chi connectivity index (χ0) is 10.8. The van der Waals surface area contributed by atoms with Gasteiger partial charge in [-0.1, -0.05) is 0 Å². The van der Waals surface area contributed by atoms with Crippen molar-refractivity contribution in [3.05, 3.63) is 0 Å². The first-order chi connectivity index (χ1) is 6.40. The van der Waals surface area contributed by atoms with Gasteiger partial charge in [-0.3, -0.25) is 4.79 Å². The van der Waals surface area contributed by atoms with Gasteiger partial charge in [-0.05, 0) is 19.8 Å². The number of halogens is 2. The first-order valence-electron chi connectivity index (χ1n) is 4.64. The third-order valence-corrected chi connectivity index (χ3v) is 2.51. The van der Waals surface area contributed by atoms with Gasteiger partial charge in [0.2, 0.25) is 0 Å². The maximum Gasteiger partial charge on any atom is 0.271 e. The number of likely N-dealkylation sites (N-methyl/N-ethyl adjacent to an activating group) is 1. The molecule has 3 nitrogen and oxygen atoms in total. The number of hydrogen-bond acceptors (Lipinski definition) is 2. The zero-order valence-corrected chi connectivity index (χ0v) is 8.40. The van der Waals surface area contributed by atoms with Crippen LogP contribution in [0.5, 0.6) is 0 Å². The van der Waals surface area contributed by atoms with Crippen LogP contribution in [0.15, 0.2) is 0 Å². The number of alkyl halides is 2. The maximum absolute atomic E-state index is 12.9. The van der Waals surface area contributed by atoms with E-state index in [2.05, 4.69) is 5.32 Å². The Morgan fingerprint density at radius 2 is 2.07 bits per heavy atom. The molecule has 5 heteroatoms. The molecule has 0 spiro atoms. The van der Waals surface area contributed by atoms with Gasteiger partial charge in [-0.2, -0.15) is 0 Å². The predicted octanol–water partition coefficient (Wildman–Crippen LogP) is 1.33. The molecule has 82 valence electrons. The molecule has 1 aliphatic heterocycles. The molecule has 1 saturated heterocycles. The van der Waals surface area contributed by atoms with Gasteiger partial charge in [0.15, 0.2) is 0 Å². The van der Waals surface area contributed by atoms with E-state index in [4.69, 9.17) is 4.74 Å². The lowest BCUT2D eigenvalue weighted by atomic mass is 9.98. The summed E-state index contributed by atoms with van der Waals surface area (Å²) in [6.45, 7) is 0.879. The summed E-state index contributed by atoms with van der Waals surface area (Å²) in [5.74, 6) is -3.14. The monoisotopic (exact) mass is 207 g/mol. The lowest BCUT2D eigenvalue weighted by Crippen LogP contribution is -2.45. The van der Waals surface area contributed by atoms with Crippen molar-refractivity contribution in [1.29, 1.82) is 0 Å². The molecule has 0 radical (unpaired) electrons. The highest BCUT2D eigenvalue weighted by Crippen LogP contribution is 2.32. The summed E-state index contributed by atoms with van der Waals surface area (Å²) in [7, 11) is 1.47. The summed E-state index contributed by atoms with van der Waals surface area (Å²) in [5, 5.41) is 2.42. The van der Waals surface area contributed by atoms with Crippen LogP contribution in [-0.2, 0) is 9.53 Å². The lowest BCUT2D eigenvalue weighted by Gasteiger charge is -2.26. The van der Waals surface area contributed by atoms with Crippen molar-refractivity contribution >= 4 is 5.91 Å². The Balaban J connectivity index is 2.69. The van der Waals surface area contributed by atoms with Crippen molar-refractivity contribution in [2.45, 2.75) is 37.7 Å². The number of carbonyl (C=O) groups excluding carboxylic acids is 1. The van der Waals surface area contributed by atoms with E-state index in [1.54, 1.807) is 6.92 Å². The van der Waals surface area contributed by atoms with Crippen molar-refractivity contribution in [3.8, 4) is 0 Å². The summed E-state index contributed by atoms with van der Waals surface area (Å²) in [6, 6.07) is 0. The van der Waals surface area contributed by atoms with E-state index in [1.807, 2.05) is 0 Å². The molecule has 1 fully saturated rings. The summed E-state index contributed by atoms with van der Waals surface area (Å²) in [5.41, 5.74) is -1.10. The number of amides is 1. The van der Waals surface area contributed by atoms with E-state index < -0.39 is 18.1 Å². The van der Waals surface area contributed by atoms with Crippen molar-refractivity contribution in [1.82, 2.24) is 5.32 Å². The molecule has 0 aliphatic carbocycles. The average molecular weight is 207 g/mol. The van der Waals surface area contributed by atoms with Gasteiger partial charge in [-0.15, -0.1) is 0 Å². The van der Waals surface area contributed by atoms with Crippen LogP contribution >= 0.6 is 0 Å². The molecule has 0 bridgehead atoms. The van der Waals surface area contributed by atoms with Crippen LogP contribution < -0.4 is 5.32 Å². The molecular formula is C9H15F2NO2.